The number of fused-ring (bicyclic) bond motifs is 2. The maximum atomic E-state index is 2.42. The van der Waals surface area contributed by atoms with Crippen LogP contribution in [0, 0.1) is 0 Å². The molecule has 0 atom stereocenters. The van der Waals surface area contributed by atoms with Gasteiger partial charge in [-0.1, -0.05) is 29.8 Å². The Balaban J connectivity index is 2.07. The minimum atomic E-state index is 1.15. The van der Waals surface area contributed by atoms with E-state index in [1.807, 2.05) is 0 Å². The fourth-order valence-electron chi connectivity index (χ4n) is 2.61. The quantitative estimate of drug-likeness (QED) is 0.599. The molecule has 14 heavy (non-hydrogen) atoms. The van der Waals surface area contributed by atoms with Crippen molar-refractivity contribution in [2.75, 3.05) is 20.1 Å². The number of hydrogen-bond donors (Lipinski definition) is 0. The molecule has 3 rings (SSSR count). The number of likely N-dealkylation sites (N-methyl/N-ethyl adjacent to an activating group) is 1. The summed E-state index contributed by atoms with van der Waals surface area (Å²) in [5.41, 5.74) is 6.33. The summed E-state index contributed by atoms with van der Waals surface area (Å²) in [6.07, 6.45) is 2.47. The molecule has 0 fully saturated rings. The molecule has 2 aliphatic rings. The molecule has 0 bridgehead atoms. The molecule has 0 N–H and O–H groups in total. The van der Waals surface area contributed by atoms with Crippen LogP contribution in [0.25, 0.3) is 5.57 Å². The molecule has 0 amide bonds. The Bertz CT molecular complexity index is 403. The number of benzene rings is 1. The highest BCUT2D eigenvalue weighted by molar-refractivity contribution is 5.78. The van der Waals surface area contributed by atoms with Crippen LogP contribution in [0.2, 0.25) is 0 Å². The predicted molar refractivity (Wildman–Crippen MR) is 59.2 cm³/mol. The van der Waals surface area contributed by atoms with Crippen LogP contribution < -0.4 is 0 Å². The van der Waals surface area contributed by atoms with Gasteiger partial charge in [0.05, 0.1) is 0 Å². The van der Waals surface area contributed by atoms with E-state index in [0.29, 0.717) is 0 Å². The van der Waals surface area contributed by atoms with Gasteiger partial charge in [-0.05, 0) is 36.6 Å². The molecule has 1 aromatic carbocycles. The minimum Gasteiger partial charge on any atom is -0.302 e. The lowest BCUT2D eigenvalue weighted by Gasteiger charge is -2.24. The molecular formula is C13H15N. The van der Waals surface area contributed by atoms with Gasteiger partial charge in [-0.15, -0.1) is 0 Å². The SMILES string of the molecule is CN1CCC2=C(C1)c1ccccc1C2. The van der Waals surface area contributed by atoms with E-state index in [2.05, 4.69) is 36.2 Å². The Labute approximate surface area is 85.0 Å². The largest absolute Gasteiger partial charge is 0.302 e. The molecule has 0 saturated heterocycles. The van der Waals surface area contributed by atoms with E-state index in [1.165, 1.54) is 30.5 Å². The van der Waals surface area contributed by atoms with Crippen LogP contribution in [0.3, 0.4) is 0 Å². The van der Waals surface area contributed by atoms with Crippen molar-refractivity contribution in [3.8, 4) is 0 Å². The fraction of sp³-hybridized carbons (Fsp3) is 0.385. The molecule has 0 saturated carbocycles. The van der Waals surface area contributed by atoms with E-state index in [4.69, 9.17) is 0 Å². The first-order chi connectivity index (χ1) is 6.84. The van der Waals surface area contributed by atoms with Gasteiger partial charge in [-0.25, -0.2) is 0 Å². The molecule has 1 heterocycles. The average molecular weight is 185 g/mol. The molecule has 1 nitrogen and oxygen atoms in total. The third-order valence-corrected chi connectivity index (χ3v) is 3.40. The molecule has 0 spiro atoms. The average Bonchev–Trinajstić information content (AvgIpc) is 2.56. The molecule has 0 aromatic heterocycles. The maximum Gasteiger partial charge on any atom is 0.0236 e. The Morgan fingerprint density at radius 3 is 3.00 bits per heavy atom. The van der Waals surface area contributed by atoms with Gasteiger partial charge in [-0.2, -0.15) is 0 Å². The third kappa shape index (κ3) is 1.12. The van der Waals surface area contributed by atoms with Gasteiger partial charge in [0.25, 0.3) is 0 Å². The van der Waals surface area contributed by atoms with Crippen molar-refractivity contribution in [3.63, 3.8) is 0 Å². The highest BCUT2D eigenvalue weighted by atomic mass is 15.1. The second-order valence-electron chi connectivity index (χ2n) is 4.40. The fourth-order valence-corrected chi connectivity index (χ4v) is 2.61. The zero-order chi connectivity index (χ0) is 9.54. The van der Waals surface area contributed by atoms with Gasteiger partial charge in [0.15, 0.2) is 0 Å². The number of nitrogens with zero attached hydrogens (tertiary/aromatic N) is 1. The first-order valence-corrected chi connectivity index (χ1v) is 5.32. The molecule has 72 valence electrons. The Kier molecular flexibility index (Phi) is 1.74. The zero-order valence-corrected chi connectivity index (χ0v) is 8.59. The van der Waals surface area contributed by atoms with Crippen LogP contribution in [0.15, 0.2) is 29.8 Å². The van der Waals surface area contributed by atoms with Gasteiger partial charge >= 0.3 is 0 Å². The number of hydrogen-bond acceptors (Lipinski definition) is 1. The lowest BCUT2D eigenvalue weighted by Crippen LogP contribution is -2.26. The van der Waals surface area contributed by atoms with Crippen molar-refractivity contribution in [3.05, 3.63) is 41.0 Å². The highest BCUT2D eigenvalue weighted by Gasteiger charge is 2.24. The molecule has 1 aliphatic carbocycles. The van der Waals surface area contributed by atoms with Crippen LogP contribution in [0.1, 0.15) is 17.5 Å². The van der Waals surface area contributed by atoms with E-state index < -0.39 is 0 Å². The lowest BCUT2D eigenvalue weighted by atomic mass is 10.0. The van der Waals surface area contributed by atoms with Gasteiger partial charge < -0.3 is 4.90 Å². The van der Waals surface area contributed by atoms with Crippen molar-refractivity contribution in [2.24, 2.45) is 0 Å². The summed E-state index contributed by atoms with van der Waals surface area (Å²) in [7, 11) is 2.21. The van der Waals surface area contributed by atoms with Crippen LogP contribution in [0.5, 0.6) is 0 Å². The highest BCUT2D eigenvalue weighted by Crippen LogP contribution is 2.36. The lowest BCUT2D eigenvalue weighted by molar-refractivity contribution is 0.367. The zero-order valence-electron chi connectivity index (χ0n) is 8.59. The summed E-state index contributed by atoms with van der Waals surface area (Å²) in [5, 5.41) is 0. The standard InChI is InChI=1S/C13H15N/c1-14-7-6-11-8-10-4-2-3-5-12(10)13(11)9-14/h2-5H,6-9H2,1H3. The smallest absolute Gasteiger partial charge is 0.0236 e. The van der Waals surface area contributed by atoms with Crippen LogP contribution in [-0.2, 0) is 6.42 Å². The first kappa shape index (κ1) is 8.25. The normalized spacial score (nSPS) is 20.9. The summed E-state index contributed by atoms with van der Waals surface area (Å²) in [6.45, 7) is 2.37. The number of rotatable bonds is 0. The van der Waals surface area contributed by atoms with Gasteiger partial charge in [0.1, 0.15) is 0 Å². The minimum absolute atomic E-state index is 1.15. The third-order valence-electron chi connectivity index (χ3n) is 3.40. The van der Waals surface area contributed by atoms with Crippen molar-refractivity contribution in [1.29, 1.82) is 0 Å². The van der Waals surface area contributed by atoms with E-state index in [1.54, 1.807) is 11.1 Å². The van der Waals surface area contributed by atoms with Gasteiger partial charge in [0.2, 0.25) is 0 Å². The topological polar surface area (TPSA) is 3.24 Å². The van der Waals surface area contributed by atoms with Crippen LogP contribution in [0.4, 0.5) is 0 Å². The molecule has 1 aliphatic heterocycles. The summed E-state index contributed by atoms with van der Waals surface area (Å²) in [6, 6.07) is 8.86. The molecule has 0 unspecified atom stereocenters. The second kappa shape index (κ2) is 2.96. The van der Waals surface area contributed by atoms with Crippen molar-refractivity contribution < 1.29 is 0 Å². The van der Waals surface area contributed by atoms with Crippen molar-refractivity contribution in [1.82, 2.24) is 4.90 Å². The Morgan fingerprint density at radius 2 is 2.07 bits per heavy atom. The molecule has 1 heteroatoms. The van der Waals surface area contributed by atoms with E-state index in [0.717, 1.165) is 6.54 Å². The maximum absolute atomic E-state index is 2.42. The Hall–Kier alpha value is -1.08. The molecule has 0 radical (unpaired) electrons. The van der Waals surface area contributed by atoms with E-state index >= 15 is 0 Å². The predicted octanol–water partition coefficient (Wildman–Crippen LogP) is 2.33. The molecule has 1 aromatic rings. The second-order valence-corrected chi connectivity index (χ2v) is 4.40. The Morgan fingerprint density at radius 1 is 1.21 bits per heavy atom. The van der Waals surface area contributed by atoms with Gasteiger partial charge in [-0.3, -0.25) is 0 Å². The monoisotopic (exact) mass is 185 g/mol. The van der Waals surface area contributed by atoms with E-state index in [9.17, 15) is 0 Å². The van der Waals surface area contributed by atoms with Gasteiger partial charge in [0, 0.05) is 13.1 Å². The van der Waals surface area contributed by atoms with E-state index in [-0.39, 0.29) is 0 Å². The van der Waals surface area contributed by atoms with Crippen LogP contribution in [-0.4, -0.2) is 25.0 Å². The van der Waals surface area contributed by atoms with Crippen molar-refractivity contribution >= 4 is 5.57 Å². The summed E-state index contributed by atoms with van der Waals surface area (Å²) >= 11 is 0. The molecular weight excluding hydrogens is 170 g/mol. The van der Waals surface area contributed by atoms with Crippen molar-refractivity contribution in [2.45, 2.75) is 12.8 Å². The summed E-state index contributed by atoms with van der Waals surface area (Å²) in [5.74, 6) is 0. The first-order valence-electron chi connectivity index (χ1n) is 5.32. The summed E-state index contributed by atoms with van der Waals surface area (Å²) in [4.78, 5) is 2.42. The van der Waals surface area contributed by atoms with Crippen LogP contribution >= 0.6 is 0 Å². The summed E-state index contributed by atoms with van der Waals surface area (Å²) < 4.78 is 0.